The highest BCUT2D eigenvalue weighted by Crippen LogP contribution is 2.40. The summed E-state index contributed by atoms with van der Waals surface area (Å²) >= 11 is 1.72. The Kier molecular flexibility index (Phi) is 6.31. The second kappa shape index (κ2) is 9.93. The number of nitrogens with two attached hydrogens (primary N) is 1. The van der Waals surface area contributed by atoms with Gasteiger partial charge >= 0.3 is 0 Å². The minimum absolute atomic E-state index is 0.00639. The molecular formula is C31H26FN3O2S. The summed E-state index contributed by atoms with van der Waals surface area (Å²) in [5.41, 5.74) is 12.3. The number of hydrogen-bond donors (Lipinski definition) is 3. The number of fused-ring (bicyclic) bond motifs is 2. The Hall–Kier alpha value is -4.20. The van der Waals surface area contributed by atoms with Gasteiger partial charge in [-0.3, -0.25) is 5.10 Å². The van der Waals surface area contributed by atoms with Gasteiger partial charge in [0.1, 0.15) is 23.9 Å². The van der Waals surface area contributed by atoms with Crippen LogP contribution in [-0.2, 0) is 6.42 Å². The van der Waals surface area contributed by atoms with Crippen LogP contribution in [0.4, 0.5) is 4.39 Å². The Morgan fingerprint density at radius 2 is 1.84 bits per heavy atom. The maximum Gasteiger partial charge on any atom is 0.124 e. The second-order valence-corrected chi connectivity index (χ2v) is 10.4. The number of benzene rings is 4. The van der Waals surface area contributed by atoms with Gasteiger partial charge in [0.25, 0.3) is 0 Å². The summed E-state index contributed by atoms with van der Waals surface area (Å²) in [7, 11) is 0. The summed E-state index contributed by atoms with van der Waals surface area (Å²) in [6, 6.07) is 23.7. The minimum Gasteiger partial charge on any atom is -0.507 e. The maximum atomic E-state index is 14.2. The van der Waals surface area contributed by atoms with Gasteiger partial charge in [-0.15, -0.1) is 11.3 Å². The molecule has 190 valence electrons. The molecule has 0 aliphatic rings. The molecule has 6 rings (SSSR count). The van der Waals surface area contributed by atoms with E-state index in [0.29, 0.717) is 29.9 Å². The third-order valence-corrected chi connectivity index (χ3v) is 7.82. The van der Waals surface area contributed by atoms with Gasteiger partial charge < -0.3 is 15.6 Å². The number of ether oxygens (including phenoxy) is 1. The normalized spacial score (nSPS) is 12.3. The molecule has 7 heteroatoms. The number of halogens is 1. The zero-order valence-corrected chi connectivity index (χ0v) is 21.6. The number of H-pyrrole nitrogens is 1. The Morgan fingerprint density at radius 1 is 0.974 bits per heavy atom. The van der Waals surface area contributed by atoms with E-state index in [1.54, 1.807) is 11.3 Å². The van der Waals surface area contributed by atoms with Crippen molar-refractivity contribution in [1.82, 2.24) is 10.2 Å². The Balaban J connectivity index is 1.32. The number of nitrogens with zero attached hydrogens (tertiary/aromatic N) is 1. The van der Waals surface area contributed by atoms with Crippen LogP contribution in [0, 0.1) is 12.7 Å². The first-order chi connectivity index (χ1) is 18.5. The van der Waals surface area contributed by atoms with Crippen LogP contribution in [0.2, 0.25) is 0 Å². The molecule has 2 aromatic heterocycles. The van der Waals surface area contributed by atoms with Gasteiger partial charge in [-0.05, 0) is 101 Å². The van der Waals surface area contributed by atoms with Crippen molar-refractivity contribution in [3.63, 3.8) is 0 Å². The monoisotopic (exact) mass is 523 g/mol. The molecule has 5 nitrogen and oxygen atoms in total. The number of thiophene rings is 1. The summed E-state index contributed by atoms with van der Waals surface area (Å²) in [6.07, 6.45) is 0.711. The van der Waals surface area contributed by atoms with Crippen LogP contribution in [0.5, 0.6) is 11.5 Å². The first-order valence-electron chi connectivity index (χ1n) is 12.4. The van der Waals surface area contributed by atoms with Crippen molar-refractivity contribution in [2.75, 3.05) is 6.61 Å². The molecule has 0 unspecified atom stereocenters. The van der Waals surface area contributed by atoms with E-state index in [1.165, 1.54) is 33.8 Å². The lowest BCUT2D eigenvalue weighted by molar-refractivity contribution is 0.288. The number of aromatic hydroxyl groups is 1. The average molecular weight is 524 g/mol. The van der Waals surface area contributed by atoms with E-state index in [4.69, 9.17) is 10.5 Å². The quantitative estimate of drug-likeness (QED) is 0.206. The highest BCUT2D eigenvalue weighted by Gasteiger charge is 2.16. The van der Waals surface area contributed by atoms with Crippen LogP contribution < -0.4 is 10.5 Å². The average Bonchev–Trinajstić information content (AvgIpc) is 3.51. The highest BCUT2D eigenvalue weighted by atomic mass is 32.1. The number of aryl methyl sites for hydroxylation is 1. The molecule has 4 aromatic carbocycles. The number of rotatable bonds is 7. The molecule has 1 atom stereocenters. The third kappa shape index (κ3) is 4.62. The van der Waals surface area contributed by atoms with Crippen molar-refractivity contribution < 1.29 is 14.2 Å². The molecule has 0 bridgehead atoms. The summed E-state index contributed by atoms with van der Waals surface area (Å²) in [4.78, 5) is 0. The van der Waals surface area contributed by atoms with Gasteiger partial charge in [-0.1, -0.05) is 24.3 Å². The van der Waals surface area contributed by atoms with Crippen LogP contribution in [0.3, 0.4) is 0 Å². The summed E-state index contributed by atoms with van der Waals surface area (Å²) < 4.78 is 21.6. The van der Waals surface area contributed by atoms with Crippen molar-refractivity contribution in [2.45, 2.75) is 19.4 Å². The fourth-order valence-electron chi connectivity index (χ4n) is 4.85. The first-order valence-corrected chi connectivity index (χ1v) is 13.3. The van der Waals surface area contributed by atoms with Crippen molar-refractivity contribution in [3.05, 3.63) is 101 Å². The zero-order chi connectivity index (χ0) is 26.2. The van der Waals surface area contributed by atoms with E-state index in [-0.39, 0.29) is 11.8 Å². The SMILES string of the molecule is Cc1[nH]nc2ccc(-c3cc(OC[C@@H](N)Cc4csc5ccccc45)ccc3-c3cc(F)ccc3O)cc12. The smallest absolute Gasteiger partial charge is 0.124 e. The minimum atomic E-state index is -0.419. The van der Waals surface area contributed by atoms with Gasteiger partial charge in [0.15, 0.2) is 0 Å². The van der Waals surface area contributed by atoms with E-state index >= 15 is 0 Å². The Labute approximate surface area is 223 Å². The van der Waals surface area contributed by atoms with Gasteiger partial charge in [-0.2, -0.15) is 5.10 Å². The molecule has 0 fully saturated rings. The fraction of sp³-hybridized carbons (Fsp3) is 0.129. The molecule has 0 radical (unpaired) electrons. The number of hydrogen-bond acceptors (Lipinski definition) is 5. The van der Waals surface area contributed by atoms with Gasteiger partial charge in [-0.25, -0.2) is 4.39 Å². The maximum absolute atomic E-state index is 14.2. The molecule has 0 amide bonds. The van der Waals surface area contributed by atoms with E-state index in [0.717, 1.165) is 27.7 Å². The van der Waals surface area contributed by atoms with E-state index in [2.05, 4.69) is 27.7 Å². The number of nitrogens with one attached hydrogen (secondary N) is 1. The predicted octanol–water partition coefficient (Wildman–Crippen LogP) is 7.21. The third-order valence-electron chi connectivity index (χ3n) is 6.80. The second-order valence-electron chi connectivity index (χ2n) is 9.48. The summed E-state index contributed by atoms with van der Waals surface area (Å²) in [5, 5.41) is 22.3. The molecule has 2 heterocycles. The fourth-order valence-corrected chi connectivity index (χ4v) is 5.83. The van der Waals surface area contributed by atoms with Gasteiger partial charge in [0, 0.05) is 27.4 Å². The van der Waals surface area contributed by atoms with Gasteiger partial charge in [0.05, 0.1) is 5.52 Å². The Bertz CT molecular complexity index is 1770. The van der Waals surface area contributed by atoms with E-state index in [9.17, 15) is 9.50 Å². The van der Waals surface area contributed by atoms with Crippen LogP contribution in [-0.4, -0.2) is 28.0 Å². The molecule has 4 N–H and O–H groups in total. The summed E-state index contributed by atoms with van der Waals surface area (Å²) in [5.74, 6) is 0.235. The van der Waals surface area contributed by atoms with Crippen LogP contribution in [0.25, 0.3) is 43.2 Å². The number of aromatic nitrogens is 2. The molecule has 0 saturated heterocycles. The standard InChI is InChI=1S/C31H26FN3O2S/c1-18-26-13-19(6-10-29(26)35-34-18)27-15-23(8-9-25(27)28-14-21(32)7-11-30(28)36)37-16-22(33)12-20-17-38-31-5-3-2-4-24(20)31/h2-11,13-15,17,22,36H,12,16,33H2,1H3,(H,34,35)/t22-/m0/s1. The van der Waals surface area contributed by atoms with E-state index < -0.39 is 5.82 Å². The van der Waals surface area contributed by atoms with Crippen molar-refractivity contribution in [1.29, 1.82) is 0 Å². The molecule has 38 heavy (non-hydrogen) atoms. The lowest BCUT2D eigenvalue weighted by atomic mass is 9.93. The number of aromatic amines is 1. The predicted molar refractivity (Wildman–Crippen MR) is 152 cm³/mol. The largest absolute Gasteiger partial charge is 0.507 e. The lowest BCUT2D eigenvalue weighted by Gasteiger charge is -2.17. The Morgan fingerprint density at radius 3 is 2.74 bits per heavy atom. The van der Waals surface area contributed by atoms with Crippen LogP contribution in [0.1, 0.15) is 11.3 Å². The van der Waals surface area contributed by atoms with Crippen molar-refractivity contribution in [2.24, 2.45) is 5.73 Å². The summed E-state index contributed by atoms with van der Waals surface area (Å²) in [6.45, 7) is 2.31. The molecule has 0 aliphatic heterocycles. The number of phenolic OH excluding ortho intramolecular Hbond substituents is 1. The topological polar surface area (TPSA) is 84.2 Å². The molecule has 6 aromatic rings. The van der Waals surface area contributed by atoms with Crippen LogP contribution >= 0.6 is 11.3 Å². The van der Waals surface area contributed by atoms with Crippen molar-refractivity contribution in [3.8, 4) is 33.8 Å². The number of phenols is 1. The highest BCUT2D eigenvalue weighted by molar-refractivity contribution is 7.17. The molecule has 0 aliphatic carbocycles. The lowest BCUT2D eigenvalue weighted by Crippen LogP contribution is -2.30. The van der Waals surface area contributed by atoms with Crippen LogP contribution in [0.15, 0.2) is 84.2 Å². The van der Waals surface area contributed by atoms with E-state index in [1.807, 2.05) is 55.5 Å². The van der Waals surface area contributed by atoms with Gasteiger partial charge in [0.2, 0.25) is 0 Å². The first kappa shape index (κ1) is 24.2. The molecule has 0 spiro atoms. The molecular weight excluding hydrogens is 497 g/mol. The van der Waals surface area contributed by atoms with Crippen molar-refractivity contribution >= 4 is 32.3 Å². The zero-order valence-electron chi connectivity index (χ0n) is 20.7. The molecule has 0 saturated carbocycles.